The summed E-state index contributed by atoms with van der Waals surface area (Å²) >= 11 is 0. The van der Waals surface area contributed by atoms with Crippen molar-refractivity contribution in [2.24, 2.45) is 11.8 Å². The summed E-state index contributed by atoms with van der Waals surface area (Å²) in [5.74, 6) is -2.06. The molecule has 128 valence electrons. The number of amides is 2. The summed E-state index contributed by atoms with van der Waals surface area (Å²) in [7, 11) is 0. The Hall–Kier alpha value is -1.02. The Kier molecular flexibility index (Phi) is 6.49. The Morgan fingerprint density at radius 1 is 1.27 bits per heavy atom. The summed E-state index contributed by atoms with van der Waals surface area (Å²) in [6.07, 6.45) is -3.88. The molecule has 0 aliphatic carbocycles. The largest absolute Gasteiger partial charge is 0.408 e. The second kappa shape index (κ2) is 7.50. The maximum atomic E-state index is 12.5. The van der Waals surface area contributed by atoms with E-state index in [2.05, 4.69) is 10.6 Å². The van der Waals surface area contributed by atoms with Gasteiger partial charge >= 0.3 is 6.18 Å². The molecule has 22 heavy (non-hydrogen) atoms. The van der Waals surface area contributed by atoms with Gasteiger partial charge in [-0.15, -0.1) is 12.4 Å². The van der Waals surface area contributed by atoms with E-state index in [1.54, 1.807) is 0 Å². The van der Waals surface area contributed by atoms with Gasteiger partial charge in [0, 0.05) is 12.6 Å². The number of hydrogen-bond donors (Lipinski definition) is 3. The van der Waals surface area contributed by atoms with Crippen molar-refractivity contribution in [1.29, 1.82) is 0 Å². The monoisotopic (exact) mass is 343 g/mol. The lowest BCUT2D eigenvalue weighted by atomic mass is 9.90. The molecule has 2 saturated heterocycles. The fraction of sp³-hybridized carbons (Fsp3) is 0.846. The van der Waals surface area contributed by atoms with Gasteiger partial charge in [0.1, 0.15) is 12.0 Å². The highest BCUT2D eigenvalue weighted by Gasteiger charge is 2.46. The Morgan fingerprint density at radius 2 is 1.95 bits per heavy atom. The van der Waals surface area contributed by atoms with Crippen LogP contribution in [0.5, 0.6) is 0 Å². The van der Waals surface area contributed by atoms with Gasteiger partial charge in [-0.1, -0.05) is 6.92 Å². The molecule has 3 N–H and O–H groups in total. The molecule has 0 radical (unpaired) electrons. The average Bonchev–Trinajstić information content (AvgIpc) is 2.40. The lowest BCUT2D eigenvalue weighted by Gasteiger charge is -2.33. The smallest absolute Gasteiger partial charge is 0.351 e. The molecule has 9 heteroatoms. The van der Waals surface area contributed by atoms with Gasteiger partial charge < -0.3 is 16.0 Å². The molecular formula is C13H21ClF3N3O2. The van der Waals surface area contributed by atoms with Crippen molar-refractivity contribution in [3.63, 3.8) is 0 Å². The van der Waals surface area contributed by atoms with Gasteiger partial charge in [-0.3, -0.25) is 9.59 Å². The molecule has 0 aromatic rings. The maximum absolute atomic E-state index is 12.5. The van der Waals surface area contributed by atoms with Crippen molar-refractivity contribution >= 4 is 24.2 Å². The molecule has 0 spiro atoms. The quantitative estimate of drug-likeness (QED) is 0.655. The molecule has 2 aliphatic heterocycles. The van der Waals surface area contributed by atoms with Crippen molar-refractivity contribution in [2.75, 3.05) is 13.1 Å². The zero-order chi connectivity index (χ0) is 15.6. The van der Waals surface area contributed by atoms with Crippen LogP contribution in [0, 0.1) is 11.8 Å². The molecule has 2 amide bonds. The van der Waals surface area contributed by atoms with E-state index in [1.807, 2.05) is 12.2 Å². The fourth-order valence-corrected chi connectivity index (χ4v) is 2.77. The van der Waals surface area contributed by atoms with Gasteiger partial charge in [0.25, 0.3) is 0 Å². The maximum Gasteiger partial charge on any atom is 0.408 e. The number of carbonyl (C=O) groups excluding carboxylic acids is 2. The van der Waals surface area contributed by atoms with Crippen LogP contribution < -0.4 is 16.0 Å². The van der Waals surface area contributed by atoms with Crippen molar-refractivity contribution in [3.05, 3.63) is 0 Å². The van der Waals surface area contributed by atoms with E-state index in [0.29, 0.717) is 6.54 Å². The Bertz CT molecular complexity index is 420. The van der Waals surface area contributed by atoms with Crippen LogP contribution in [-0.2, 0) is 9.59 Å². The van der Waals surface area contributed by atoms with Crippen LogP contribution in [0.4, 0.5) is 13.2 Å². The third kappa shape index (κ3) is 4.49. The second-order valence-corrected chi connectivity index (χ2v) is 5.82. The molecule has 2 heterocycles. The normalized spacial score (nSPS) is 32.6. The number of hydrogen-bond acceptors (Lipinski definition) is 3. The highest BCUT2D eigenvalue weighted by molar-refractivity contribution is 6.01. The topological polar surface area (TPSA) is 70.2 Å². The minimum Gasteiger partial charge on any atom is -0.351 e. The molecule has 0 saturated carbocycles. The number of nitrogens with one attached hydrogen (secondary N) is 3. The van der Waals surface area contributed by atoms with Gasteiger partial charge in [-0.2, -0.15) is 13.2 Å². The van der Waals surface area contributed by atoms with E-state index in [9.17, 15) is 22.8 Å². The number of alkyl halides is 3. The van der Waals surface area contributed by atoms with Gasteiger partial charge in [0.05, 0.1) is 0 Å². The summed E-state index contributed by atoms with van der Waals surface area (Å²) in [5.41, 5.74) is 0. The summed E-state index contributed by atoms with van der Waals surface area (Å²) in [5, 5.41) is 7.82. The first-order valence-corrected chi connectivity index (χ1v) is 7.17. The Labute approximate surface area is 133 Å². The number of carbonyl (C=O) groups is 2. The zero-order valence-corrected chi connectivity index (χ0v) is 13.0. The van der Waals surface area contributed by atoms with Crippen LogP contribution in [0.15, 0.2) is 0 Å². The summed E-state index contributed by atoms with van der Waals surface area (Å²) in [6, 6.07) is -1.93. The van der Waals surface area contributed by atoms with E-state index in [-0.39, 0.29) is 37.2 Å². The van der Waals surface area contributed by atoms with Crippen LogP contribution in [0.25, 0.3) is 0 Å². The van der Waals surface area contributed by atoms with Gasteiger partial charge in [-0.25, -0.2) is 0 Å². The molecule has 2 fully saturated rings. The first-order valence-electron chi connectivity index (χ1n) is 7.17. The van der Waals surface area contributed by atoms with Crippen molar-refractivity contribution in [1.82, 2.24) is 16.0 Å². The average molecular weight is 344 g/mol. The molecule has 0 bridgehead atoms. The number of halogens is 4. The first kappa shape index (κ1) is 19.0. The molecular weight excluding hydrogens is 323 g/mol. The van der Waals surface area contributed by atoms with Crippen molar-refractivity contribution in [3.8, 4) is 0 Å². The minimum atomic E-state index is -4.46. The first-order chi connectivity index (χ1) is 9.79. The lowest BCUT2D eigenvalue weighted by Crippen LogP contribution is -2.57. The van der Waals surface area contributed by atoms with Crippen LogP contribution >= 0.6 is 12.4 Å². The highest BCUT2D eigenvalue weighted by atomic mass is 35.5. The Balaban J connectivity index is 0.00000242. The molecule has 0 aromatic heterocycles. The zero-order valence-electron chi connectivity index (χ0n) is 12.2. The summed E-state index contributed by atoms with van der Waals surface area (Å²) < 4.78 is 37.6. The number of rotatable bonds is 2. The van der Waals surface area contributed by atoms with E-state index in [1.165, 1.54) is 0 Å². The van der Waals surface area contributed by atoms with Crippen LogP contribution in [0.3, 0.4) is 0 Å². The van der Waals surface area contributed by atoms with E-state index in [4.69, 9.17) is 0 Å². The third-order valence-electron chi connectivity index (χ3n) is 4.24. The van der Waals surface area contributed by atoms with E-state index in [0.717, 1.165) is 13.0 Å². The predicted octanol–water partition coefficient (Wildman–Crippen LogP) is 0.979. The molecule has 0 aromatic carbocycles. The minimum absolute atomic E-state index is 0. The van der Waals surface area contributed by atoms with E-state index < -0.39 is 30.0 Å². The fourth-order valence-electron chi connectivity index (χ4n) is 2.77. The lowest BCUT2D eigenvalue weighted by molar-refractivity contribution is -0.171. The summed E-state index contributed by atoms with van der Waals surface area (Å²) in [4.78, 5) is 23.8. The predicted molar refractivity (Wildman–Crippen MR) is 76.5 cm³/mol. The molecule has 2 rings (SSSR count). The second-order valence-electron chi connectivity index (χ2n) is 5.82. The molecule has 4 unspecified atom stereocenters. The van der Waals surface area contributed by atoms with Crippen molar-refractivity contribution < 1.29 is 22.8 Å². The van der Waals surface area contributed by atoms with Gasteiger partial charge in [0.2, 0.25) is 11.8 Å². The third-order valence-corrected chi connectivity index (χ3v) is 4.24. The van der Waals surface area contributed by atoms with Crippen LogP contribution in [0.1, 0.15) is 26.2 Å². The molecule has 5 nitrogen and oxygen atoms in total. The number of piperidine rings is 2. The SMILES string of the molecule is CC1CCNCC1NC(=O)C1CCC(C(F)(F)F)NC1=O.Cl. The molecule has 4 atom stereocenters. The van der Waals surface area contributed by atoms with Gasteiger partial charge in [0.15, 0.2) is 0 Å². The van der Waals surface area contributed by atoms with Crippen molar-refractivity contribution in [2.45, 2.75) is 44.4 Å². The Morgan fingerprint density at radius 3 is 2.50 bits per heavy atom. The van der Waals surface area contributed by atoms with E-state index >= 15 is 0 Å². The summed E-state index contributed by atoms with van der Waals surface area (Å²) in [6.45, 7) is 3.50. The standard InChI is InChI=1S/C13H20F3N3O2.ClH/c1-7-4-5-17-6-9(7)18-11(20)8-2-3-10(13(14,15)16)19-12(8)21;/h7-10,17H,2-6H2,1H3,(H,18,20)(H,19,21);1H. The molecule has 2 aliphatic rings. The van der Waals surface area contributed by atoms with Crippen LogP contribution in [-0.4, -0.2) is 43.2 Å². The highest BCUT2D eigenvalue weighted by Crippen LogP contribution is 2.28. The van der Waals surface area contributed by atoms with Gasteiger partial charge in [-0.05, 0) is 31.7 Å². The van der Waals surface area contributed by atoms with Crippen LogP contribution in [0.2, 0.25) is 0 Å².